The van der Waals surface area contributed by atoms with Gasteiger partial charge in [-0.15, -0.1) is 11.3 Å². The van der Waals surface area contributed by atoms with Gasteiger partial charge in [0.05, 0.1) is 44.9 Å². The van der Waals surface area contributed by atoms with Crippen molar-refractivity contribution in [3.05, 3.63) is 48.5 Å². The Hall–Kier alpha value is -3.36. The topological polar surface area (TPSA) is 65.9 Å². The molecule has 0 bridgehead atoms. The van der Waals surface area contributed by atoms with Crippen molar-refractivity contribution in [3.8, 4) is 38.4 Å². The smallest absolute Gasteiger partial charge is 0.203 e. The molecular weight excluding hydrogens is 438 g/mol. The van der Waals surface area contributed by atoms with Gasteiger partial charge in [-0.25, -0.2) is 9.97 Å². The molecule has 8 heteroatoms. The highest BCUT2D eigenvalue weighted by molar-refractivity contribution is 7.18. The quantitative estimate of drug-likeness (QED) is 0.403. The fourth-order valence-corrected chi connectivity index (χ4v) is 4.95. The van der Waals surface area contributed by atoms with E-state index in [0.717, 1.165) is 51.0 Å². The van der Waals surface area contributed by atoms with Crippen LogP contribution in [0.1, 0.15) is 0 Å². The van der Waals surface area contributed by atoms with Crippen molar-refractivity contribution in [2.75, 3.05) is 52.5 Å². The summed E-state index contributed by atoms with van der Waals surface area (Å²) in [6.45, 7) is 3.05. The van der Waals surface area contributed by atoms with Crippen LogP contribution in [-0.4, -0.2) is 57.6 Å². The first kappa shape index (κ1) is 21.5. The lowest BCUT2D eigenvalue weighted by Gasteiger charge is -2.28. The SMILES string of the molecule is COc1cc(-c2ccc(-c3nc(N4CCOCC4)c4ccccc4n3)s2)cc(OC)c1OC. The van der Waals surface area contributed by atoms with E-state index < -0.39 is 0 Å². The molecule has 1 aliphatic heterocycles. The zero-order chi connectivity index (χ0) is 22.8. The minimum absolute atomic E-state index is 0.577. The summed E-state index contributed by atoms with van der Waals surface area (Å²) >= 11 is 1.63. The van der Waals surface area contributed by atoms with Gasteiger partial charge in [-0.05, 0) is 42.0 Å². The van der Waals surface area contributed by atoms with E-state index >= 15 is 0 Å². The number of benzene rings is 2. The summed E-state index contributed by atoms with van der Waals surface area (Å²) in [5.41, 5.74) is 1.92. The molecule has 7 nitrogen and oxygen atoms in total. The van der Waals surface area contributed by atoms with Crippen molar-refractivity contribution in [1.82, 2.24) is 9.97 Å². The molecule has 0 unspecified atom stereocenters. The molecule has 0 amide bonds. The first-order valence-corrected chi connectivity index (χ1v) is 11.5. The van der Waals surface area contributed by atoms with Crippen LogP contribution in [0.2, 0.25) is 0 Å². The average molecular weight is 464 g/mol. The van der Waals surface area contributed by atoms with Gasteiger partial charge in [0.25, 0.3) is 0 Å². The van der Waals surface area contributed by atoms with Gasteiger partial charge >= 0.3 is 0 Å². The molecule has 1 saturated heterocycles. The molecule has 4 aromatic rings. The van der Waals surface area contributed by atoms with Crippen LogP contribution in [-0.2, 0) is 4.74 Å². The van der Waals surface area contributed by atoms with E-state index in [0.29, 0.717) is 30.5 Å². The Morgan fingerprint density at radius 2 is 1.55 bits per heavy atom. The van der Waals surface area contributed by atoms with Crippen LogP contribution in [0.4, 0.5) is 5.82 Å². The number of thiophene rings is 1. The van der Waals surface area contributed by atoms with E-state index in [-0.39, 0.29) is 0 Å². The maximum atomic E-state index is 5.54. The molecule has 1 aliphatic rings. The summed E-state index contributed by atoms with van der Waals surface area (Å²) in [5, 5.41) is 1.06. The summed E-state index contributed by atoms with van der Waals surface area (Å²) in [5.74, 6) is 3.51. The lowest BCUT2D eigenvalue weighted by Crippen LogP contribution is -2.37. The predicted molar refractivity (Wildman–Crippen MR) is 131 cm³/mol. The number of aromatic nitrogens is 2. The lowest BCUT2D eigenvalue weighted by atomic mass is 10.1. The first-order valence-electron chi connectivity index (χ1n) is 10.7. The standard InChI is InChI=1S/C25H25N3O4S/c1-29-19-14-16(15-20(30-2)23(19)31-3)21-8-9-22(33-21)24-26-18-7-5-4-6-17(18)25(27-24)28-10-12-32-13-11-28/h4-9,14-15H,10-13H2,1-3H3. The number of para-hydroxylation sites is 1. The Morgan fingerprint density at radius 1 is 0.848 bits per heavy atom. The summed E-state index contributed by atoms with van der Waals surface area (Å²) < 4.78 is 22.0. The highest BCUT2D eigenvalue weighted by Gasteiger charge is 2.20. The van der Waals surface area contributed by atoms with E-state index in [9.17, 15) is 0 Å². The van der Waals surface area contributed by atoms with Crippen LogP contribution in [0.25, 0.3) is 32.0 Å². The van der Waals surface area contributed by atoms with Gasteiger partial charge in [0.2, 0.25) is 5.75 Å². The third kappa shape index (κ3) is 4.07. The Labute approximate surface area is 196 Å². The Morgan fingerprint density at radius 3 is 2.24 bits per heavy atom. The molecule has 0 aliphatic carbocycles. The highest BCUT2D eigenvalue weighted by Crippen LogP contribution is 2.43. The highest BCUT2D eigenvalue weighted by atomic mass is 32.1. The van der Waals surface area contributed by atoms with Crippen LogP contribution >= 0.6 is 11.3 Å². The third-order valence-electron chi connectivity index (χ3n) is 5.67. The largest absolute Gasteiger partial charge is 0.493 e. The van der Waals surface area contributed by atoms with E-state index in [1.165, 1.54) is 0 Å². The first-order chi connectivity index (χ1) is 16.2. The summed E-state index contributed by atoms with van der Waals surface area (Å²) in [6, 6.07) is 16.2. The van der Waals surface area contributed by atoms with Crippen molar-refractivity contribution >= 4 is 28.1 Å². The molecule has 0 saturated carbocycles. The third-order valence-corrected chi connectivity index (χ3v) is 6.80. The summed E-state index contributed by atoms with van der Waals surface area (Å²) in [7, 11) is 4.85. The molecule has 170 valence electrons. The number of hydrogen-bond acceptors (Lipinski definition) is 8. The zero-order valence-electron chi connectivity index (χ0n) is 18.8. The average Bonchev–Trinajstić information content (AvgIpc) is 3.38. The van der Waals surface area contributed by atoms with Crippen molar-refractivity contribution in [1.29, 1.82) is 0 Å². The lowest BCUT2D eigenvalue weighted by molar-refractivity contribution is 0.122. The molecule has 0 N–H and O–H groups in total. The van der Waals surface area contributed by atoms with E-state index in [1.54, 1.807) is 32.7 Å². The summed E-state index contributed by atoms with van der Waals surface area (Å²) in [6.07, 6.45) is 0. The van der Waals surface area contributed by atoms with Crippen molar-refractivity contribution in [2.24, 2.45) is 0 Å². The van der Waals surface area contributed by atoms with Gasteiger partial charge in [0, 0.05) is 23.4 Å². The number of nitrogens with zero attached hydrogens (tertiary/aromatic N) is 3. The maximum Gasteiger partial charge on any atom is 0.203 e. The number of rotatable bonds is 6. The molecule has 33 heavy (non-hydrogen) atoms. The fourth-order valence-electron chi connectivity index (χ4n) is 4.02. The second kappa shape index (κ2) is 9.25. The van der Waals surface area contributed by atoms with E-state index in [4.69, 9.17) is 28.9 Å². The van der Waals surface area contributed by atoms with Gasteiger partial charge in [0.15, 0.2) is 17.3 Å². The summed E-state index contributed by atoms with van der Waals surface area (Å²) in [4.78, 5) is 14.2. The number of morpholine rings is 1. The maximum absolute atomic E-state index is 5.54. The van der Waals surface area contributed by atoms with Crippen molar-refractivity contribution in [3.63, 3.8) is 0 Å². The molecule has 5 rings (SSSR count). The number of ether oxygens (including phenoxy) is 4. The monoisotopic (exact) mass is 463 g/mol. The van der Waals surface area contributed by atoms with Gasteiger partial charge in [0.1, 0.15) is 5.82 Å². The minimum atomic E-state index is 0.577. The number of hydrogen-bond donors (Lipinski definition) is 0. The Kier molecular flexibility index (Phi) is 6.02. The fraction of sp³-hybridized carbons (Fsp3) is 0.280. The van der Waals surface area contributed by atoms with Crippen LogP contribution in [0.5, 0.6) is 17.2 Å². The van der Waals surface area contributed by atoms with Crippen LogP contribution in [0.15, 0.2) is 48.5 Å². The Balaban J connectivity index is 1.57. The number of anilines is 1. The van der Waals surface area contributed by atoms with E-state index in [2.05, 4.69) is 23.1 Å². The van der Waals surface area contributed by atoms with Crippen LogP contribution < -0.4 is 19.1 Å². The molecule has 0 spiro atoms. The molecule has 2 aromatic heterocycles. The van der Waals surface area contributed by atoms with Gasteiger partial charge in [-0.3, -0.25) is 0 Å². The molecule has 0 radical (unpaired) electrons. The molecule has 0 atom stereocenters. The van der Waals surface area contributed by atoms with Crippen LogP contribution in [0.3, 0.4) is 0 Å². The molecule has 3 heterocycles. The van der Waals surface area contributed by atoms with Crippen molar-refractivity contribution in [2.45, 2.75) is 0 Å². The second-order valence-electron chi connectivity index (χ2n) is 7.57. The van der Waals surface area contributed by atoms with E-state index in [1.807, 2.05) is 30.3 Å². The van der Waals surface area contributed by atoms with Crippen LogP contribution in [0, 0.1) is 0 Å². The van der Waals surface area contributed by atoms with Gasteiger partial charge in [-0.1, -0.05) is 12.1 Å². The number of methoxy groups -OCH3 is 3. The molecule has 2 aromatic carbocycles. The zero-order valence-corrected chi connectivity index (χ0v) is 19.6. The van der Waals surface area contributed by atoms with Crippen molar-refractivity contribution < 1.29 is 18.9 Å². The predicted octanol–water partition coefficient (Wildman–Crippen LogP) is 4.89. The Bertz CT molecular complexity index is 1260. The normalized spacial score (nSPS) is 13.8. The minimum Gasteiger partial charge on any atom is -0.493 e. The number of fused-ring (bicyclic) bond motifs is 1. The molecule has 1 fully saturated rings. The van der Waals surface area contributed by atoms with Gasteiger partial charge in [-0.2, -0.15) is 0 Å². The van der Waals surface area contributed by atoms with Gasteiger partial charge < -0.3 is 23.8 Å². The molecular formula is C25H25N3O4S. The second-order valence-corrected chi connectivity index (χ2v) is 8.65.